The Morgan fingerprint density at radius 2 is 2.25 bits per heavy atom. The Bertz CT molecular complexity index is 434. The number of fused-ring (bicyclic) bond motifs is 1. The maximum absolute atomic E-state index is 13.5. The highest BCUT2D eigenvalue weighted by Gasteiger charge is 2.27. The standard InChI is InChI=1S/C11H11F2NO2/c1-16-11(15)9-4-7-6(5-14-9)2-3-8(12)10(7)13/h2-3,9,14H,4-5H2,1H3. The van der Waals surface area contributed by atoms with Crippen LogP contribution >= 0.6 is 0 Å². The van der Waals surface area contributed by atoms with E-state index in [0.717, 1.165) is 6.07 Å². The third-order valence-electron chi connectivity index (χ3n) is 2.73. The predicted molar refractivity (Wildman–Crippen MR) is 52.7 cm³/mol. The van der Waals surface area contributed by atoms with Crippen molar-refractivity contribution in [3.63, 3.8) is 0 Å². The van der Waals surface area contributed by atoms with Crippen LogP contribution < -0.4 is 5.32 Å². The largest absolute Gasteiger partial charge is 0.468 e. The van der Waals surface area contributed by atoms with E-state index in [1.807, 2.05) is 0 Å². The summed E-state index contributed by atoms with van der Waals surface area (Å²) in [6.07, 6.45) is 0.117. The lowest BCUT2D eigenvalue weighted by Crippen LogP contribution is -2.42. The first kappa shape index (κ1) is 11.0. The van der Waals surface area contributed by atoms with E-state index in [4.69, 9.17) is 0 Å². The van der Waals surface area contributed by atoms with E-state index >= 15 is 0 Å². The zero-order chi connectivity index (χ0) is 11.7. The molecule has 1 unspecified atom stereocenters. The van der Waals surface area contributed by atoms with Gasteiger partial charge in [0.2, 0.25) is 0 Å². The van der Waals surface area contributed by atoms with Crippen LogP contribution in [0.25, 0.3) is 0 Å². The zero-order valence-corrected chi connectivity index (χ0v) is 8.72. The first-order valence-corrected chi connectivity index (χ1v) is 4.90. The average Bonchev–Trinajstić information content (AvgIpc) is 2.32. The van der Waals surface area contributed by atoms with Gasteiger partial charge in [-0.3, -0.25) is 4.79 Å². The van der Waals surface area contributed by atoms with Gasteiger partial charge in [-0.2, -0.15) is 0 Å². The van der Waals surface area contributed by atoms with Crippen molar-refractivity contribution >= 4 is 5.97 Å². The highest BCUT2D eigenvalue weighted by molar-refractivity contribution is 5.76. The van der Waals surface area contributed by atoms with Crippen molar-refractivity contribution < 1.29 is 18.3 Å². The second kappa shape index (κ2) is 4.17. The summed E-state index contributed by atoms with van der Waals surface area (Å²) in [5, 5.41) is 2.91. The molecule has 0 saturated heterocycles. The van der Waals surface area contributed by atoms with Crippen molar-refractivity contribution in [2.24, 2.45) is 0 Å². The van der Waals surface area contributed by atoms with Gasteiger partial charge in [-0.05, 0) is 17.2 Å². The second-order valence-electron chi connectivity index (χ2n) is 3.66. The van der Waals surface area contributed by atoms with Crippen molar-refractivity contribution in [2.75, 3.05) is 7.11 Å². The molecule has 0 aliphatic carbocycles. The molecule has 1 aromatic carbocycles. The predicted octanol–water partition coefficient (Wildman–Crippen LogP) is 1.15. The molecule has 3 nitrogen and oxygen atoms in total. The third-order valence-corrected chi connectivity index (χ3v) is 2.73. The molecule has 0 radical (unpaired) electrons. The number of esters is 1. The van der Waals surface area contributed by atoms with Crippen LogP contribution in [0.2, 0.25) is 0 Å². The van der Waals surface area contributed by atoms with Crippen molar-refractivity contribution in [3.05, 3.63) is 34.9 Å². The number of methoxy groups -OCH3 is 1. The number of halogens is 2. The van der Waals surface area contributed by atoms with E-state index < -0.39 is 23.6 Å². The van der Waals surface area contributed by atoms with E-state index in [1.165, 1.54) is 13.2 Å². The second-order valence-corrected chi connectivity index (χ2v) is 3.66. The van der Waals surface area contributed by atoms with E-state index in [1.54, 1.807) is 0 Å². The van der Waals surface area contributed by atoms with Gasteiger partial charge in [-0.1, -0.05) is 6.07 Å². The molecule has 0 amide bonds. The summed E-state index contributed by atoms with van der Waals surface area (Å²) in [7, 11) is 1.27. The van der Waals surface area contributed by atoms with Crippen LogP contribution in [0.1, 0.15) is 11.1 Å². The highest BCUT2D eigenvalue weighted by atomic mass is 19.2. The van der Waals surface area contributed by atoms with Gasteiger partial charge in [0.15, 0.2) is 11.6 Å². The summed E-state index contributed by atoms with van der Waals surface area (Å²) >= 11 is 0. The molecule has 2 rings (SSSR count). The number of carbonyl (C=O) groups is 1. The lowest BCUT2D eigenvalue weighted by molar-refractivity contribution is -0.143. The molecular weight excluding hydrogens is 216 g/mol. The SMILES string of the molecule is COC(=O)C1Cc2c(ccc(F)c2F)CN1. The van der Waals surface area contributed by atoms with E-state index in [9.17, 15) is 13.6 Å². The molecule has 1 heterocycles. The normalized spacial score (nSPS) is 19.1. The molecule has 0 aromatic heterocycles. The fourth-order valence-corrected chi connectivity index (χ4v) is 1.84. The maximum Gasteiger partial charge on any atom is 0.323 e. The smallest absolute Gasteiger partial charge is 0.323 e. The molecule has 5 heteroatoms. The van der Waals surface area contributed by atoms with Gasteiger partial charge in [-0.15, -0.1) is 0 Å². The van der Waals surface area contributed by atoms with Gasteiger partial charge in [0.25, 0.3) is 0 Å². The fourth-order valence-electron chi connectivity index (χ4n) is 1.84. The Balaban J connectivity index is 2.32. The molecule has 0 saturated carbocycles. The number of carbonyl (C=O) groups excluding carboxylic acids is 1. The molecule has 16 heavy (non-hydrogen) atoms. The number of ether oxygens (including phenoxy) is 1. The van der Waals surface area contributed by atoms with Crippen LogP contribution in [0.4, 0.5) is 8.78 Å². The van der Waals surface area contributed by atoms with Crippen LogP contribution in [0, 0.1) is 11.6 Å². The van der Waals surface area contributed by atoms with Gasteiger partial charge < -0.3 is 10.1 Å². The topological polar surface area (TPSA) is 38.3 Å². The van der Waals surface area contributed by atoms with E-state index in [0.29, 0.717) is 12.1 Å². The van der Waals surface area contributed by atoms with Gasteiger partial charge in [0.1, 0.15) is 6.04 Å². The van der Waals surface area contributed by atoms with Crippen LogP contribution in [0.5, 0.6) is 0 Å². The van der Waals surface area contributed by atoms with Crippen molar-refractivity contribution in [1.82, 2.24) is 5.32 Å². The first-order valence-electron chi connectivity index (χ1n) is 4.90. The monoisotopic (exact) mass is 227 g/mol. The Kier molecular flexibility index (Phi) is 2.87. The summed E-state index contributed by atoms with van der Waals surface area (Å²) in [6.45, 7) is 0.340. The Hall–Kier alpha value is -1.49. The molecule has 1 N–H and O–H groups in total. The van der Waals surface area contributed by atoms with E-state index in [-0.39, 0.29) is 12.0 Å². The molecule has 0 bridgehead atoms. The highest BCUT2D eigenvalue weighted by Crippen LogP contribution is 2.22. The van der Waals surface area contributed by atoms with Crippen LogP contribution in [-0.4, -0.2) is 19.1 Å². The van der Waals surface area contributed by atoms with Crippen molar-refractivity contribution in [3.8, 4) is 0 Å². The van der Waals surface area contributed by atoms with Gasteiger partial charge in [0.05, 0.1) is 7.11 Å². The number of benzene rings is 1. The average molecular weight is 227 g/mol. The molecule has 86 valence electrons. The molecule has 1 aromatic rings. The lowest BCUT2D eigenvalue weighted by atomic mass is 9.95. The molecule has 0 fully saturated rings. The lowest BCUT2D eigenvalue weighted by Gasteiger charge is -2.24. The zero-order valence-electron chi connectivity index (χ0n) is 8.72. The number of nitrogens with one attached hydrogen (secondary N) is 1. The first-order chi connectivity index (χ1) is 7.63. The number of rotatable bonds is 1. The molecule has 0 spiro atoms. The maximum atomic E-state index is 13.5. The fraction of sp³-hybridized carbons (Fsp3) is 0.364. The van der Waals surface area contributed by atoms with Gasteiger partial charge >= 0.3 is 5.97 Å². The minimum Gasteiger partial charge on any atom is -0.468 e. The number of hydrogen-bond donors (Lipinski definition) is 1. The molecule has 1 atom stereocenters. The molecule has 1 aliphatic rings. The van der Waals surface area contributed by atoms with E-state index in [2.05, 4.69) is 10.1 Å². The van der Waals surface area contributed by atoms with Crippen molar-refractivity contribution in [1.29, 1.82) is 0 Å². The summed E-state index contributed by atoms with van der Waals surface area (Å²) < 4.78 is 31.0. The Morgan fingerprint density at radius 1 is 1.50 bits per heavy atom. The Labute approximate surface area is 91.4 Å². The summed E-state index contributed by atoms with van der Waals surface area (Å²) in [6, 6.07) is 2.01. The quantitative estimate of drug-likeness (QED) is 0.731. The number of hydrogen-bond acceptors (Lipinski definition) is 3. The van der Waals surface area contributed by atoms with Crippen LogP contribution in [-0.2, 0) is 22.5 Å². The minimum absolute atomic E-state index is 0.117. The van der Waals surface area contributed by atoms with Crippen LogP contribution in [0.3, 0.4) is 0 Å². The summed E-state index contributed by atoms with van der Waals surface area (Å²) in [5.41, 5.74) is 0.938. The molecular formula is C11H11F2NO2. The Morgan fingerprint density at radius 3 is 2.94 bits per heavy atom. The van der Waals surface area contributed by atoms with Gasteiger partial charge in [-0.25, -0.2) is 8.78 Å². The third kappa shape index (κ3) is 1.78. The summed E-state index contributed by atoms with van der Waals surface area (Å²) in [4.78, 5) is 11.3. The molecule has 1 aliphatic heterocycles. The van der Waals surface area contributed by atoms with Crippen molar-refractivity contribution in [2.45, 2.75) is 19.0 Å². The summed E-state index contributed by atoms with van der Waals surface area (Å²) in [5.74, 6) is -2.22. The van der Waals surface area contributed by atoms with Crippen LogP contribution in [0.15, 0.2) is 12.1 Å². The minimum atomic E-state index is -0.885. The van der Waals surface area contributed by atoms with Gasteiger partial charge in [0, 0.05) is 13.0 Å².